The molecule has 0 bridgehead atoms. The number of H-pyrrole nitrogens is 1. The number of nitrogens with zero attached hydrogens (tertiary/aromatic N) is 1. The number of halogens is 2. The molecule has 0 atom stereocenters. The summed E-state index contributed by atoms with van der Waals surface area (Å²) in [6.07, 6.45) is 0.998. The molecule has 0 aliphatic carbocycles. The van der Waals surface area contributed by atoms with E-state index in [4.69, 9.17) is 16.6 Å². The SMILES string of the molecule is Fc1cnc(=S)[nH]c1-c1cc2cccc(F)c2o1. The van der Waals surface area contributed by atoms with Crippen molar-refractivity contribution in [2.75, 3.05) is 0 Å². The predicted octanol–water partition coefficient (Wildman–Crippen LogP) is 3.83. The third-order valence-electron chi connectivity index (χ3n) is 2.51. The Kier molecular flexibility index (Phi) is 2.45. The number of para-hydroxylation sites is 1. The lowest BCUT2D eigenvalue weighted by molar-refractivity contribution is 0.557. The van der Waals surface area contributed by atoms with Crippen molar-refractivity contribution in [2.45, 2.75) is 0 Å². The Hall–Kier alpha value is -2.08. The summed E-state index contributed by atoms with van der Waals surface area (Å²) in [5.41, 5.74) is 0.147. The lowest BCUT2D eigenvalue weighted by Gasteiger charge is -1.97. The van der Waals surface area contributed by atoms with Crippen LogP contribution >= 0.6 is 12.2 Å². The molecule has 3 rings (SSSR count). The molecule has 2 aromatic heterocycles. The molecule has 18 heavy (non-hydrogen) atoms. The zero-order valence-corrected chi connectivity index (χ0v) is 9.72. The van der Waals surface area contributed by atoms with Crippen molar-refractivity contribution < 1.29 is 13.2 Å². The lowest BCUT2D eigenvalue weighted by atomic mass is 10.2. The van der Waals surface area contributed by atoms with E-state index in [1.807, 2.05) is 0 Å². The van der Waals surface area contributed by atoms with Crippen LogP contribution in [0.15, 0.2) is 34.9 Å². The number of rotatable bonds is 1. The molecule has 3 nitrogen and oxygen atoms in total. The Morgan fingerprint density at radius 1 is 1.22 bits per heavy atom. The first-order chi connectivity index (χ1) is 8.65. The molecule has 1 aromatic carbocycles. The van der Waals surface area contributed by atoms with Gasteiger partial charge in [0.2, 0.25) is 0 Å². The maximum Gasteiger partial charge on any atom is 0.197 e. The van der Waals surface area contributed by atoms with Gasteiger partial charge >= 0.3 is 0 Å². The number of fused-ring (bicyclic) bond motifs is 1. The molecule has 0 fully saturated rings. The summed E-state index contributed by atoms with van der Waals surface area (Å²) < 4.78 is 32.5. The van der Waals surface area contributed by atoms with E-state index in [1.165, 1.54) is 6.07 Å². The van der Waals surface area contributed by atoms with Crippen molar-refractivity contribution in [3.8, 4) is 11.5 Å². The van der Waals surface area contributed by atoms with Crippen LogP contribution in [0.4, 0.5) is 8.78 Å². The van der Waals surface area contributed by atoms with Crippen LogP contribution in [0, 0.1) is 16.4 Å². The topological polar surface area (TPSA) is 41.8 Å². The summed E-state index contributed by atoms with van der Waals surface area (Å²) in [6.45, 7) is 0. The highest BCUT2D eigenvalue weighted by Crippen LogP contribution is 2.29. The lowest BCUT2D eigenvalue weighted by Crippen LogP contribution is -1.90. The summed E-state index contributed by atoms with van der Waals surface area (Å²) in [6, 6.07) is 6.06. The monoisotopic (exact) mass is 264 g/mol. The second kappa shape index (κ2) is 3.99. The normalized spacial score (nSPS) is 11.0. The van der Waals surface area contributed by atoms with E-state index in [1.54, 1.807) is 18.2 Å². The minimum Gasteiger partial charge on any atom is -0.451 e. The Morgan fingerprint density at radius 3 is 2.83 bits per heavy atom. The highest BCUT2D eigenvalue weighted by molar-refractivity contribution is 7.71. The molecule has 0 radical (unpaired) electrons. The van der Waals surface area contributed by atoms with Gasteiger partial charge in [0.25, 0.3) is 0 Å². The summed E-state index contributed by atoms with van der Waals surface area (Å²) in [5, 5.41) is 0.556. The molecule has 0 saturated heterocycles. The van der Waals surface area contributed by atoms with E-state index in [0.29, 0.717) is 5.39 Å². The molecular formula is C12H6F2N2OS. The Labute approximate surface area is 105 Å². The van der Waals surface area contributed by atoms with Crippen LogP contribution in [-0.2, 0) is 0 Å². The first kappa shape index (κ1) is 11.0. The van der Waals surface area contributed by atoms with Gasteiger partial charge in [-0.25, -0.2) is 13.8 Å². The molecule has 6 heteroatoms. The van der Waals surface area contributed by atoms with Gasteiger partial charge in [0.1, 0.15) is 5.69 Å². The van der Waals surface area contributed by atoms with Gasteiger partial charge in [-0.3, -0.25) is 0 Å². The quantitative estimate of drug-likeness (QED) is 0.679. The average Bonchev–Trinajstić information content (AvgIpc) is 2.77. The highest BCUT2D eigenvalue weighted by atomic mass is 32.1. The van der Waals surface area contributed by atoms with Gasteiger partial charge in [-0.1, -0.05) is 12.1 Å². The van der Waals surface area contributed by atoms with E-state index in [2.05, 4.69) is 9.97 Å². The van der Waals surface area contributed by atoms with Crippen molar-refractivity contribution in [3.05, 3.63) is 46.9 Å². The van der Waals surface area contributed by atoms with Crippen LogP contribution in [0.3, 0.4) is 0 Å². The second-order valence-electron chi connectivity index (χ2n) is 3.68. The van der Waals surface area contributed by atoms with Crippen molar-refractivity contribution in [1.29, 1.82) is 0 Å². The van der Waals surface area contributed by atoms with Gasteiger partial charge in [0.05, 0.1) is 6.20 Å². The molecule has 0 amide bonds. The van der Waals surface area contributed by atoms with Crippen LogP contribution in [0.1, 0.15) is 0 Å². The maximum atomic E-state index is 13.6. The maximum absolute atomic E-state index is 13.6. The van der Waals surface area contributed by atoms with Gasteiger partial charge < -0.3 is 9.40 Å². The van der Waals surface area contributed by atoms with Crippen LogP contribution in [-0.4, -0.2) is 9.97 Å². The molecule has 90 valence electrons. The molecule has 3 aromatic rings. The van der Waals surface area contributed by atoms with Crippen LogP contribution in [0.2, 0.25) is 0 Å². The minimum absolute atomic E-state index is 0.0607. The summed E-state index contributed by atoms with van der Waals surface area (Å²) in [7, 11) is 0. The van der Waals surface area contributed by atoms with E-state index >= 15 is 0 Å². The summed E-state index contributed by atoms with van der Waals surface area (Å²) in [5.74, 6) is -0.920. The minimum atomic E-state index is -0.608. The van der Waals surface area contributed by atoms with Crippen LogP contribution in [0.25, 0.3) is 22.4 Å². The molecule has 0 unspecified atom stereocenters. The van der Waals surface area contributed by atoms with E-state index < -0.39 is 11.6 Å². The number of benzene rings is 1. The van der Waals surface area contributed by atoms with Crippen LogP contribution < -0.4 is 0 Å². The molecule has 0 spiro atoms. The standard InChI is InChI=1S/C12H6F2N2OS/c13-7-3-1-2-6-4-9(17-11(6)7)10-8(14)5-15-12(18)16-10/h1-5H,(H,15,16,18). The third kappa shape index (κ3) is 1.70. The molecule has 0 saturated carbocycles. The number of hydrogen-bond acceptors (Lipinski definition) is 3. The van der Waals surface area contributed by atoms with E-state index in [0.717, 1.165) is 6.20 Å². The van der Waals surface area contributed by atoms with Gasteiger partial charge in [0, 0.05) is 5.39 Å². The smallest absolute Gasteiger partial charge is 0.197 e. The van der Waals surface area contributed by atoms with Gasteiger partial charge in [-0.05, 0) is 24.4 Å². The molecule has 0 aliphatic rings. The number of nitrogens with one attached hydrogen (secondary N) is 1. The van der Waals surface area contributed by atoms with E-state index in [-0.39, 0.29) is 21.8 Å². The first-order valence-electron chi connectivity index (χ1n) is 5.08. The van der Waals surface area contributed by atoms with Crippen LogP contribution in [0.5, 0.6) is 0 Å². The number of aromatic amines is 1. The fraction of sp³-hybridized carbons (Fsp3) is 0. The first-order valence-corrected chi connectivity index (χ1v) is 5.49. The van der Waals surface area contributed by atoms with E-state index in [9.17, 15) is 8.78 Å². The number of hydrogen-bond donors (Lipinski definition) is 1. The highest BCUT2D eigenvalue weighted by Gasteiger charge is 2.13. The van der Waals surface area contributed by atoms with Crippen molar-refractivity contribution >= 4 is 23.2 Å². The van der Waals surface area contributed by atoms with Gasteiger partial charge in [0.15, 0.2) is 27.7 Å². The van der Waals surface area contributed by atoms with Gasteiger partial charge in [-0.2, -0.15) is 0 Å². The second-order valence-corrected chi connectivity index (χ2v) is 4.07. The average molecular weight is 264 g/mol. The predicted molar refractivity (Wildman–Crippen MR) is 64.5 cm³/mol. The summed E-state index contributed by atoms with van der Waals surface area (Å²) in [4.78, 5) is 6.19. The fourth-order valence-corrected chi connectivity index (χ4v) is 1.86. The zero-order valence-electron chi connectivity index (χ0n) is 8.91. The zero-order chi connectivity index (χ0) is 12.7. The van der Waals surface area contributed by atoms with Crippen molar-refractivity contribution in [2.24, 2.45) is 0 Å². The molecule has 1 N–H and O–H groups in total. The Morgan fingerprint density at radius 2 is 2.06 bits per heavy atom. The molecular weight excluding hydrogens is 258 g/mol. The number of aromatic nitrogens is 2. The summed E-state index contributed by atoms with van der Waals surface area (Å²) >= 11 is 4.82. The van der Waals surface area contributed by atoms with Crippen molar-refractivity contribution in [1.82, 2.24) is 9.97 Å². The Balaban J connectivity index is 2.29. The Bertz CT molecular complexity index is 794. The molecule has 2 heterocycles. The van der Waals surface area contributed by atoms with Crippen molar-refractivity contribution in [3.63, 3.8) is 0 Å². The van der Waals surface area contributed by atoms with Gasteiger partial charge in [-0.15, -0.1) is 0 Å². The fourth-order valence-electron chi connectivity index (χ4n) is 1.71. The largest absolute Gasteiger partial charge is 0.451 e. The number of furan rings is 1. The third-order valence-corrected chi connectivity index (χ3v) is 2.72. The molecule has 0 aliphatic heterocycles.